The summed E-state index contributed by atoms with van der Waals surface area (Å²) >= 11 is 0. The molecule has 0 heterocycles. The summed E-state index contributed by atoms with van der Waals surface area (Å²) in [5.74, 6) is 1.71. The zero-order valence-electron chi connectivity index (χ0n) is 14.7. The Bertz CT molecular complexity index is 498. The van der Waals surface area contributed by atoms with Crippen LogP contribution in [0.15, 0.2) is 0 Å². The quantitative estimate of drug-likeness (QED) is 0.791. The van der Waals surface area contributed by atoms with Gasteiger partial charge in [-0.15, -0.1) is 0 Å². The van der Waals surface area contributed by atoms with Gasteiger partial charge in [0.15, 0.2) is 0 Å². The fourth-order valence-corrected chi connectivity index (χ4v) is 5.47. The Morgan fingerprint density at radius 1 is 1.08 bits per heavy atom. The highest BCUT2D eigenvalue weighted by atomic mass is 19.4. The minimum Gasteiger partial charge on any atom is -0.355 e. The maximum absolute atomic E-state index is 12.7. The molecule has 1 N–H and O–H groups in total. The molecule has 4 rings (SSSR count). The van der Waals surface area contributed by atoms with Gasteiger partial charge in [0.05, 0.1) is 6.42 Å². The van der Waals surface area contributed by atoms with Crippen molar-refractivity contribution in [1.29, 1.82) is 0 Å². The van der Waals surface area contributed by atoms with Crippen molar-refractivity contribution < 1.29 is 22.8 Å². The van der Waals surface area contributed by atoms with Crippen molar-refractivity contribution in [2.45, 2.75) is 57.5 Å². The van der Waals surface area contributed by atoms with Gasteiger partial charge in [0.1, 0.15) is 0 Å². The molecule has 4 fully saturated rings. The number of carbonyl (C=O) groups is 2. The van der Waals surface area contributed by atoms with Gasteiger partial charge in [-0.25, -0.2) is 0 Å². The van der Waals surface area contributed by atoms with Crippen LogP contribution in [0.5, 0.6) is 0 Å². The van der Waals surface area contributed by atoms with E-state index < -0.39 is 12.6 Å². The van der Waals surface area contributed by atoms with Crippen molar-refractivity contribution >= 4 is 11.8 Å². The summed E-state index contributed by atoms with van der Waals surface area (Å²) in [6.07, 6.45) is 1.44. The first kappa shape index (κ1) is 18.5. The van der Waals surface area contributed by atoms with Gasteiger partial charge in [-0.2, -0.15) is 13.2 Å². The lowest BCUT2D eigenvalue weighted by molar-refractivity contribution is -0.146. The average molecular weight is 360 g/mol. The summed E-state index contributed by atoms with van der Waals surface area (Å²) in [6.45, 7) is -0.138. The van der Waals surface area contributed by atoms with Gasteiger partial charge in [0.25, 0.3) is 0 Å². The lowest BCUT2D eigenvalue weighted by Gasteiger charge is -2.55. The molecule has 0 aromatic heterocycles. The molecule has 4 saturated carbocycles. The van der Waals surface area contributed by atoms with E-state index in [9.17, 15) is 22.8 Å². The van der Waals surface area contributed by atoms with Gasteiger partial charge in [-0.05, 0) is 56.3 Å². The summed E-state index contributed by atoms with van der Waals surface area (Å²) in [4.78, 5) is 25.7. The average Bonchev–Trinajstić information content (AvgIpc) is 2.50. The molecule has 25 heavy (non-hydrogen) atoms. The highest BCUT2D eigenvalue weighted by Gasteiger charge is 2.54. The number of amides is 2. The van der Waals surface area contributed by atoms with Crippen LogP contribution in [0.25, 0.3) is 0 Å². The number of rotatable bonds is 6. The normalized spacial score (nSPS) is 33.4. The third-order valence-corrected chi connectivity index (χ3v) is 6.30. The molecule has 0 aromatic rings. The molecule has 0 aromatic carbocycles. The van der Waals surface area contributed by atoms with Crippen LogP contribution in [0.3, 0.4) is 0 Å². The van der Waals surface area contributed by atoms with Crippen molar-refractivity contribution in [3.05, 3.63) is 0 Å². The molecule has 4 nitrogen and oxygen atoms in total. The summed E-state index contributed by atoms with van der Waals surface area (Å²) in [7, 11) is 1.37. The van der Waals surface area contributed by atoms with Gasteiger partial charge in [-0.1, -0.05) is 0 Å². The Morgan fingerprint density at radius 3 is 2.08 bits per heavy atom. The van der Waals surface area contributed by atoms with Crippen LogP contribution >= 0.6 is 0 Å². The number of nitrogens with zero attached hydrogens (tertiary/aromatic N) is 1. The van der Waals surface area contributed by atoms with Gasteiger partial charge in [0.2, 0.25) is 11.8 Å². The zero-order valence-corrected chi connectivity index (χ0v) is 14.7. The van der Waals surface area contributed by atoms with Crippen molar-refractivity contribution in [3.63, 3.8) is 0 Å². The molecule has 0 unspecified atom stereocenters. The van der Waals surface area contributed by atoms with Crippen LogP contribution in [-0.2, 0) is 9.59 Å². The molecule has 2 amide bonds. The maximum Gasteiger partial charge on any atom is 0.390 e. The second kappa shape index (κ2) is 6.80. The zero-order chi connectivity index (χ0) is 18.2. The van der Waals surface area contributed by atoms with E-state index in [1.165, 1.54) is 26.3 Å². The monoisotopic (exact) mass is 360 g/mol. The molecule has 7 heteroatoms. The van der Waals surface area contributed by atoms with Crippen LogP contribution in [0.2, 0.25) is 0 Å². The second-order valence-electron chi connectivity index (χ2n) is 8.38. The summed E-state index contributed by atoms with van der Waals surface area (Å²) in [5.41, 5.74) is -0.250. The van der Waals surface area contributed by atoms with Crippen LogP contribution in [0.1, 0.15) is 51.4 Å². The third kappa shape index (κ3) is 4.29. The largest absolute Gasteiger partial charge is 0.390 e. The number of nitrogens with one attached hydrogen (secondary N) is 1. The van der Waals surface area contributed by atoms with E-state index in [-0.39, 0.29) is 36.7 Å². The summed E-state index contributed by atoms with van der Waals surface area (Å²) in [5, 5.41) is 2.89. The van der Waals surface area contributed by atoms with Gasteiger partial charge >= 0.3 is 6.18 Å². The van der Waals surface area contributed by atoms with Crippen LogP contribution in [0, 0.1) is 23.2 Å². The van der Waals surface area contributed by atoms with Crippen molar-refractivity contribution in [2.24, 2.45) is 23.2 Å². The highest BCUT2D eigenvalue weighted by Crippen LogP contribution is 2.60. The molecular weight excluding hydrogens is 333 g/mol. The van der Waals surface area contributed by atoms with Gasteiger partial charge < -0.3 is 10.2 Å². The number of alkyl halides is 3. The molecular formula is C18H27F3N2O2. The first-order valence-electron chi connectivity index (χ1n) is 9.26. The second-order valence-corrected chi connectivity index (χ2v) is 8.38. The molecule has 4 bridgehead atoms. The Kier molecular flexibility index (Phi) is 5.04. The smallest absolute Gasteiger partial charge is 0.355 e. The van der Waals surface area contributed by atoms with Crippen molar-refractivity contribution in [1.82, 2.24) is 10.2 Å². The Hall–Kier alpha value is -1.27. The van der Waals surface area contributed by atoms with Crippen molar-refractivity contribution in [3.8, 4) is 0 Å². The molecule has 4 aliphatic carbocycles. The molecule has 4 aliphatic rings. The molecule has 0 atom stereocenters. The van der Waals surface area contributed by atoms with E-state index in [4.69, 9.17) is 0 Å². The maximum atomic E-state index is 12.7. The molecule has 0 aliphatic heterocycles. The summed E-state index contributed by atoms with van der Waals surface area (Å²) < 4.78 is 36.6. The minimum atomic E-state index is -4.26. The Balaban J connectivity index is 1.43. The number of hydrogen-bond donors (Lipinski definition) is 1. The van der Waals surface area contributed by atoms with Crippen molar-refractivity contribution in [2.75, 3.05) is 20.1 Å². The predicted octanol–water partition coefficient (Wildman–Crippen LogP) is 3.12. The van der Waals surface area contributed by atoms with E-state index in [1.54, 1.807) is 0 Å². The topological polar surface area (TPSA) is 49.4 Å². The Morgan fingerprint density at radius 2 is 1.60 bits per heavy atom. The van der Waals surface area contributed by atoms with Gasteiger partial charge in [-0.3, -0.25) is 9.59 Å². The first-order valence-corrected chi connectivity index (χ1v) is 9.26. The molecule has 142 valence electrons. The van der Waals surface area contributed by atoms with Crippen LogP contribution < -0.4 is 5.32 Å². The number of hydrogen-bond acceptors (Lipinski definition) is 2. The Labute approximate surface area is 146 Å². The number of halogens is 3. The summed E-state index contributed by atoms with van der Waals surface area (Å²) in [6, 6.07) is 0. The van der Waals surface area contributed by atoms with Crippen LogP contribution in [-0.4, -0.2) is 43.0 Å². The lowest BCUT2D eigenvalue weighted by Crippen LogP contribution is -2.53. The lowest BCUT2D eigenvalue weighted by atomic mass is 9.49. The van der Waals surface area contributed by atoms with E-state index in [1.807, 2.05) is 0 Å². The minimum absolute atomic E-state index is 0.0481. The SMILES string of the molecule is CN(CCC(F)(F)F)C(=O)CCNC(=O)C12CC3CC(CC(C3)C1)C2. The van der Waals surface area contributed by atoms with Gasteiger partial charge in [0, 0.05) is 32.0 Å². The first-order chi connectivity index (χ1) is 11.7. The number of carbonyl (C=O) groups excluding carboxylic acids is 2. The fourth-order valence-electron chi connectivity index (χ4n) is 5.47. The predicted molar refractivity (Wildman–Crippen MR) is 86.5 cm³/mol. The third-order valence-electron chi connectivity index (χ3n) is 6.30. The molecule has 0 spiro atoms. The molecule has 0 saturated heterocycles. The van der Waals surface area contributed by atoms with E-state index in [0.29, 0.717) is 17.8 Å². The van der Waals surface area contributed by atoms with E-state index in [0.717, 1.165) is 24.2 Å². The van der Waals surface area contributed by atoms with Crippen LogP contribution in [0.4, 0.5) is 13.2 Å². The standard InChI is InChI=1S/C18H27F3N2O2/c1-23(5-3-18(19,20)21)15(24)2-4-22-16(25)17-9-12-6-13(10-17)8-14(7-12)11-17/h12-14H,2-11H2,1H3,(H,22,25). The highest BCUT2D eigenvalue weighted by molar-refractivity contribution is 5.84. The fraction of sp³-hybridized carbons (Fsp3) is 0.889. The molecule has 0 radical (unpaired) electrons. The van der Waals surface area contributed by atoms with E-state index in [2.05, 4.69) is 5.32 Å². The van der Waals surface area contributed by atoms with E-state index >= 15 is 0 Å².